The molecule has 4 heterocycles. The van der Waals surface area contributed by atoms with Gasteiger partial charge in [-0.3, -0.25) is 0 Å². The molecular weight excluding hydrogens is 695 g/mol. The molecule has 7 aromatic carbocycles. The van der Waals surface area contributed by atoms with E-state index in [1.165, 1.54) is 93.8 Å². The minimum absolute atomic E-state index is 0.0613. The van der Waals surface area contributed by atoms with Gasteiger partial charge in [0.15, 0.2) is 0 Å². The first-order valence-electron chi connectivity index (χ1n) is 20.1. The second-order valence-electron chi connectivity index (χ2n) is 18.1. The number of rotatable bonds is 4. The molecule has 0 unspecified atom stereocenters. The highest BCUT2D eigenvalue weighted by atomic mass is 16.5. The van der Waals surface area contributed by atoms with Crippen LogP contribution in [0.4, 0.5) is 0 Å². The average molecular weight is 741 g/mol. The van der Waals surface area contributed by atoms with Gasteiger partial charge in [0.05, 0.1) is 25.3 Å². The van der Waals surface area contributed by atoms with Crippen LogP contribution in [0.5, 0.6) is 11.5 Å². The Labute approximate surface area is 334 Å². The molecule has 0 amide bonds. The zero-order chi connectivity index (χ0) is 39.1. The van der Waals surface area contributed by atoms with Gasteiger partial charge in [-0.25, -0.2) is 0 Å². The van der Waals surface area contributed by atoms with Crippen molar-refractivity contribution in [1.82, 2.24) is 9.05 Å². The Balaban J connectivity index is 1.25. The van der Waals surface area contributed by atoms with Crippen LogP contribution in [0, 0.1) is 0 Å². The number of hydrogen-bond donors (Lipinski definition) is 0. The third-order valence-corrected chi connectivity index (χ3v) is 12.8. The van der Waals surface area contributed by atoms with Gasteiger partial charge in [-0.1, -0.05) is 108 Å². The number of ether oxygens (including phenoxy) is 2. The van der Waals surface area contributed by atoms with Crippen LogP contribution < -0.4 is 20.4 Å². The third kappa shape index (κ3) is 4.81. The van der Waals surface area contributed by atoms with Crippen LogP contribution in [-0.2, 0) is 10.8 Å². The van der Waals surface area contributed by atoms with E-state index < -0.39 is 0 Å². The molecule has 0 saturated carbocycles. The number of fused-ring (bicyclic) bond motifs is 10. The summed E-state index contributed by atoms with van der Waals surface area (Å²) in [6, 6.07) is 48.2. The average Bonchev–Trinajstić information content (AvgIpc) is 3.72. The summed E-state index contributed by atoms with van der Waals surface area (Å²) in [4.78, 5) is 0. The van der Waals surface area contributed by atoms with Gasteiger partial charge in [0.1, 0.15) is 11.5 Å². The second-order valence-corrected chi connectivity index (χ2v) is 18.1. The van der Waals surface area contributed by atoms with Gasteiger partial charge >= 0.3 is 6.85 Å². The Kier molecular flexibility index (Phi) is 6.98. The predicted octanol–water partition coefficient (Wildman–Crippen LogP) is 11.8. The van der Waals surface area contributed by atoms with Crippen molar-refractivity contribution in [2.24, 2.45) is 0 Å². The molecule has 0 radical (unpaired) electrons. The molecule has 4 nitrogen and oxygen atoms in total. The van der Waals surface area contributed by atoms with Gasteiger partial charge in [0.2, 0.25) is 0 Å². The first-order chi connectivity index (χ1) is 27.4. The van der Waals surface area contributed by atoms with Crippen LogP contribution in [0.2, 0.25) is 0 Å². The quantitative estimate of drug-likeness (QED) is 0.168. The van der Waals surface area contributed by atoms with Crippen molar-refractivity contribution in [1.29, 1.82) is 0 Å². The summed E-state index contributed by atoms with van der Waals surface area (Å²) in [5.74, 6) is 1.70. The molecule has 0 N–H and O–H groups in total. The maximum absolute atomic E-state index is 6.08. The van der Waals surface area contributed by atoms with Gasteiger partial charge in [-0.15, -0.1) is 0 Å². The molecule has 0 spiro atoms. The molecular formula is C52H45BN2O2. The minimum atomic E-state index is -0.0613. The molecule has 2 aromatic heterocycles. The van der Waals surface area contributed by atoms with Crippen molar-refractivity contribution in [3.8, 4) is 50.6 Å². The maximum Gasteiger partial charge on any atom is 0.333 e. The molecule has 0 atom stereocenters. The molecule has 57 heavy (non-hydrogen) atoms. The topological polar surface area (TPSA) is 28.3 Å². The first-order valence-corrected chi connectivity index (χ1v) is 20.1. The highest BCUT2D eigenvalue weighted by Crippen LogP contribution is 2.46. The van der Waals surface area contributed by atoms with Crippen molar-refractivity contribution in [3.63, 3.8) is 0 Å². The molecule has 0 saturated heterocycles. The predicted molar refractivity (Wildman–Crippen MR) is 241 cm³/mol. The lowest BCUT2D eigenvalue weighted by Crippen LogP contribution is -2.55. The van der Waals surface area contributed by atoms with Gasteiger partial charge in [-0.05, 0) is 121 Å². The number of benzene rings is 7. The fourth-order valence-corrected chi connectivity index (χ4v) is 9.85. The Morgan fingerprint density at radius 2 is 1.05 bits per heavy atom. The monoisotopic (exact) mass is 740 g/mol. The molecule has 2 aliphatic heterocycles. The fourth-order valence-electron chi connectivity index (χ4n) is 9.85. The second kappa shape index (κ2) is 11.7. The van der Waals surface area contributed by atoms with E-state index in [1.807, 2.05) is 0 Å². The molecule has 5 heteroatoms. The summed E-state index contributed by atoms with van der Waals surface area (Å²) in [5, 5.41) is 4.87. The van der Waals surface area contributed by atoms with E-state index in [1.54, 1.807) is 14.2 Å². The van der Waals surface area contributed by atoms with Gasteiger partial charge in [-0.2, -0.15) is 0 Å². The summed E-state index contributed by atoms with van der Waals surface area (Å²) in [6.07, 6.45) is 0. The Bertz CT molecular complexity index is 3150. The number of aromatic nitrogens is 2. The normalized spacial score (nSPS) is 13.2. The standard InChI is InChI=1S/C52H45BN2O2/c1-51(2,3)34-17-12-30(13-18-34)32-16-22-46-39(24-32)42-26-33(31-14-19-35(20-15-31)52(4,5)6)25-41-38-10-9-11-47-48(38)53(55(46)49(41)42)44-29-37(57-8)28-43-40-27-36(56-7)21-23-45(40)54(47)50(43)44/h9-29H,1-8H3. The smallest absolute Gasteiger partial charge is 0.333 e. The minimum Gasteiger partial charge on any atom is -0.497 e. The van der Waals surface area contributed by atoms with E-state index >= 15 is 0 Å². The molecule has 0 bridgehead atoms. The molecule has 2 aliphatic rings. The highest BCUT2D eigenvalue weighted by Gasteiger charge is 2.42. The molecule has 0 fully saturated rings. The van der Waals surface area contributed by atoms with Crippen LogP contribution >= 0.6 is 0 Å². The molecule has 9 aromatic rings. The lowest BCUT2D eigenvalue weighted by molar-refractivity contribution is 0.415. The lowest BCUT2D eigenvalue weighted by Gasteiger charge is -2.34. The maximum atomic E-state index is 6.08. The summed E-state index contributed by atoms with van der Waals surface area (Å²) in [6.45, 7) is 13.6. The summed E-state index contributed by atoms with van der Waals surface area (Å²) < 4.78 is 17.0. The Hall–Kier alpha value is -6.20. The lowest BCUT2D eigenvalue weighted by atomic mass is 9.45. The number of nitrogens with zero attached hydrogens (tertiary/aromatic N) is 2. The number of methoxy groups -OCH3 is 2. The zero-order valence-electron chi connectivity index (χ0n) is 33.9. The van der Waals surface area contributed by atoms with E-state index in [2.05, 4.69) is 178 Å². The van der Waals surface area contributed by atoms with E-state index in [4.69, 9.17) is 9.47 Å². The zero-order valence-corrected chi connectivity index (χ0v) is 33.9. The van der Waals surface area contributed by atoms with Gasteiger partial charge < -0.3 is 18.5 Å². The van der Waals surface area contributed by atoms with Crippen LogP contribution in [0.15, 0.2) is 127 Å². The summed E-state index contributed by atoms with van der Waals surface area (Å²) >= 11 is 0. The molecule has 11 rings (SSSR count). The number of hydrogen-bond acceptors (Lipinski definition) is 2. The van der Waals surface area contributed by atoms with E-state index in [0.29, 0.717) is 0 Å². The van der Waals surface area contributed by atoms with E-state index in [-0.39, 0.29) is 17.7 Å². The highest BCUT2D eigenvalue weighted by molar-refractivity contribution is 6.90. The summed E-state index contributed by atoms with van der Waals surface area (Å²) in [5.41, 5.74) is 19.0. The third-order valence-electron chi connectivity index (χ3n) is 12.8. The fraction of sp³-hybridized carbons (Fsp3) is 0.192. The largest absolute Gasteiger partial charge is 0.497 e. The van der Waals surface area contributed by atoms with Crippen molar-refractivity contribution >= 4 is 61.4 Å². The van der Waals surface area contributed by atoms with Crippen molar-refractivity contribution in [2.75, 3.05) is 14.2 Å². The van der Waals surface area contributed by atoms with E-state index in [0.717, 1.165) is 22.4 Å². The first kappa shape index (κ1) is 34.1. The SMILES string of the molecule is COc1ccc2c(c1)c1cc(OC)cc3c1n2-c1cccc2c1B3n1c3ccc(-c4ccc(C(C)(C)C)cc4)cc3c3cc(-c4ccc(C(C)(C)C)cc4)cc-2c31. The molecule has 278 valence electrons. The van der Waals surface area contributed by atoms with Crippen molar-refractivity contribution in [2.45, 2.75) is 52.4 Å². The molecule has 0 aliphatic carbocycles. The van der Waals surface area contributed by atoms with Crippen LogP contribution in [-0.4, -0.2) is 30.1 Å². The summed E-state index contributed by atoms with van der Waals surface area (Å²) in [7, 11) is 3.52. The van der Waals surface area contributed by atoms with Crippen LogP contribution in [0.25, 0.3) is 82.7 Å². The van der Waals surface area contributed by atoms with Crippen LogP contribution in [0.3, 0.4) is 0 Å². The van der Waals surface area contributed by atoms with Crippen LogP contribution in [0.1, 0.15) is 52.7 Å². The Morgan fingerprint density at radius 1 is 0.474 bits per heavy atom. The van der Waals surface area contributed by atoms with Crippen molar-refractivity contribution < 1.29 is 9.47 Å². The van der Waals surface area contributed by atoms with Crippen molar-refractivity contribution in [3.05, 3.63) is 139 Å². The van der Waals surface area contributed by atoms with Gasteiger partial charge in [0, 0.05) is 43.8 Å². The Morgan fingerprint density at radius 3 is 1.72 bits per heavy atom. The van der Waals surface area contributed by atoms with Gasteiger partial charge in [0.25, 0.3) is 0 Å². The van der Waals surface area contributed by atoms with E-state index in [9.17, 15) is 0 Å².